The van der Waals surface area contributed by atoms with E-state index in [-0.39, 0.29) is 31.1 Å². The zero-order valence-corrected chi connectivity index (χ0v) is 28.1. The van der Waals surface area contributed by atoms with E-state index < -0.39 is 23.8 Å². The van der Waals surface area contributed by atoms with Gasteiger partial charge in [0.05, 0.1) is 25.3 Å². The first-order valence-corrected chi connectivity index (χ1v) is 16.2. The third kappa shape index (κ3) is 8.62. The Morgan fingerprint density at radius 2 is 1.61 bits per heavy atom. The Labute approximate surface area is 286 Å². The van der Waals surface area contributed by atoms with Gasteiger partial charge in [0.1, 0.15) is 42.9 Å². The number of primary amides is 1. The van der Waals surface area contributed by atoms with Crippen LogP contribution in [-0.4, -0.2) is 64.3 Å². The van der Waals surface area contributed by atoms with Gasteiger partial charge in [-0.15, -0.1) is 0 Å². The average molecular weight is 666 g/mol. The fourth-order valence-electron chi connectivity index (χ4n) is 5.50. The van der Waals surface area contributed by atoms with Crippen LogP contribution in [0, 0.1) is 11.8 Å². The van der Waals surface area contributed by atoms with Crippen LogP contribution in [0.1, 0.15) is 43.4 Å². The van der Waals surface area contributed by atoms with Gasteiger partial charge in [-0.3, -0.25) is 9.69 Å². The minimum atomic E-state index is -1.09. The lowest BCUT2D eigenvalue weighted by atomic mass is 9.80. The molecule has 0 bridgehead atoms. The van der Waals surface area contributed by atoms with Crippen molar-refractivity contribution in [2.75, 3.05) is 20.4 Å². The second kappa shape index (κ2) is 16.2. The number of rotatable bonds is 17. The summed E-state index contributed by atoms with van der Waals surface area (Å²) in [5.74, 6) is 0.0989. The summed E-state index contributed by atoms with van der Waals surface area (Å²) >= 11 is 0. The van der Waals surface area contributed by atoms with E-state index >= 15 is 0 Å². The molecule has 11 nitrogen and oxygen atoms in total. The minimum absolute atomic E-state index is 0.00431. The normalized spacial score (nSPS) is 14.4. The van der Waals surface area contributed by atoms with Gasteiger partial charge in [-0.1, -0.05) is 93.2 Å². The van der Waals surface area contributed by atoms with Gasteiger partial charge in [0.15, 0.2) is 0 Å². The lowest BCUT2D eigenvalue weighted by Gasteiger charge is -2.38. The van der Waals surface area contributed by atoms with Gasteiger partial charge in [0, 0.05) is 6.20 Å². The van der Waals surface area contributed by atoms with E-state index in [4.69, 9.17) is 24.7 Å². The number of urea groups is 1. The van der Waals surface area contributed by atoms with E-state index in [0.29, 0.717) is 11.4 Å². The lowest BCUT2D eigenvalue weighted by molar-refractivity contribution is -0.173. The molecule has 1 fully saturated rings. The lowest BCUT2D eigenvalue weighted by Crippen LogP contribution is -2.45. The van der Waals surface area contributed by atoms with Crippen molar-refractivity contribution in [3.05, 3.63) is 133 Å². The van der Waals surface area contributed by atoms with E-state index in [1.54, 1.807) is 27.0 Å². The van der Waals surface area contributed by atoms with Crippen molar-refractivity contribution >= 4 is 17.7 Å². The SMILES string of the molecule is C=C(/C=C\N(CO[C@H](COC(c1ccccc1)(c1ccccc1)c1ccc(OC)cc1)[C@@H](OC(=O)C(C)C)C1CC1)C(N)=O)n1cncn1. The Morgan fingerprint density at radius 3 is 2.12 bits per heavy atom. The van der Waals surface area contributed by atoms with E-state index in [0.717, 1.165) is 29.5 Å². The number of methoxy groups -OCH3 is 1. The predicted molar refractivity (Wildman–Crippen MR) is 185 cm³/mol. The predicted octanol–water partition coefficient (Wildman–Crippen LogP) is 5.98. The summed E-state index contributed by atoms with van der Waals surface area (Å²) in [6, 6.07) is 26.9. The van der Waals surface area contributed by atoms with Crippen molar-refractivity contribution in [2.45, 2.75) is 44.5 Å². The van der Waals surface area contributed by atoms with E-state index in [2.05, 4.69) is 16.7 Å². The summed E-state index contributed by atoms with van der Waals surface area (Å²) < 4.78 is 26.6. The molecule has 2 amide bonds. The van der Waals surface area contributed by atoms with Crippen molar-refractivity contribution in [3.63, 3.8) is 0 Å². The molecule has 1 aliphatic carbocycles. The van der Waals surface area contributed by atoms with Crippen LogP contribution in [0.3, 0.4) is 0 Å². The van der Waals surface area contributed by atoms with E-state index in [1.165, 1.54) is 28.4 Å². The molecule has 0 spiro atoms. The number of allylic oxidation sites excluding steroid dienone is 2. The van der Waals surface area contributed by atoms with Crippen LogP contribution < -0.4 is 10.5 Å². The van der Waals surface area contributed by atoms with Crippen molar-refractivity contribution in [2.24, 2.45) is 17.6 Å². The van der Waals surface area contributed by atoms with Crippen molar-refractivity contribution in [1.82, 2.24) is 19.7 Å². The molecule has 0 saturated heterocycles. The summed E-state index contributed by atoms with van der Waals surface area (Å²) in [4.78, 5) is 30.7. The number of nitrogens with zero attached hydrogens (tertiary/aromatic N) is 4. The Balaban J connectivity index is 1.52. The van der Waals surface area contributed by atoms with Crippen LogP contribution in [0.4, 0.5) is 4.79 Å². The van der Waals surface area contributed by atoms with Gasteiger partial charge in [-0.2, -0.15) is 5.10 Å². The number of hydrogen-bond donors (Lipinski definition) is 1. The van der Waals surface area contributed by atoms with Crippen molar-refractivity contribution in [1.29, 1.82) is 0 Å². The molecule has 0 radical (unpaired) electrons. The summed E-state index contributed by atoms with van der Waals surface area (Å²) in [6.07, 6.45) is 6.25. The number of carbonyl (C=O) groups is 2. The highest BCUT2D eigenvalue weighted by Gasteiger charge is 2.44. The highest BCUT2D eigenvalue weighted by molar-refractivity contribution is 5.73. The minimum Gasteiger partial charge on any atom is -0.497 e. The second-order valence-electron chi connectivity index (χ2n) is 12.1. The first-order valence-electron chi connectivity index (χ1n) is 16.2. The highest BCUT2D eigenvalue weighted by atomic mass is 16.6. The molecular formula is C38H43N5O6. The van der Waals surface area contributed by atoms with Crippen LogP contribution in [-0.2, 0) is 24.6 Å². The fourth-order valence-corrected chi connectivity index (χ4v) is 5.50. The van der Waals surface area contributed by atoms with Gasteiger partial charge in [-0.05, 0) is 53.7 Å². The molecular weight excluding hydrogens is 622 g/mol. The number of benzene rings is 3. The summed E-state index contributed by atoms with van der Waals surface area (Å²) in [5.41, 5.74) is 7.76. The zero-order valence-electron chi connectivity index (χ0n) is 28.1. The molecule has 5 rings (SSSR count). The number of esters is 1. The van der Waals surface area contributed by atoms with Gasteiger partial charge < -0.3 is 24.7 Å². The molecule has 11 heteroatoms. The molecule has 1 heterocycles. The maximum atomic E-state index is 13.0. The number of hydrogen-bond acceptors (Lipinski definition) is 8. The number of carbonyl (C=O) groups excluding carboxylic acids is 2. The summed E-state index contributed by atoms with van der Waals surface area (Å²) in [7, 11) is 1.63. The van der Waals surface area contributed by atoms with E-state index in [1.807, 2.05) is 84.9 Å². The van der Waals surface area contributed by atoms with Gasteiger partial charge >= 0.3 is 12.0 Å². The fraction of sp³-hybridized carbons (Fsp3) is 0.316. The maximum absolute atomic E-state index is 13.0. The Morgan fingerprint density at radius 1 is 1.00 bits per heavy atom. The molecule has 0 unspecified atom stereocenters. The molecule has 3 aromatic carbocycles. The standard InChI is InChI=1S/C38H43N5O6/c1-27(2)36(44)49-35(29-15-16-29)34(47-26-42(37(39)45)22-21-28(3)43-25-40-24-41-43)23-48-38(30-11-7-5-8-12-30,31-13-9-6-10-14-31)32-17-19-33(46-4)20-18-32/h5-14,17-22,24-25,27,29,34-35H,3,15-16,23,26H2,1-2,4H3,(H2,39,45)/b22-21-/t34-,35+/m1/s1. The highest BCUT2D eigenvalue weighted by Crippen LogP contribution is 2.43. The van der Waals surface area contributed by atoms with Crippen molar-refractivity contribution < 1.29 is 28.5 Å². The summed E-state index contributed by atoms with van der Waals surface area (Å²) in [6.45, 7) is 7.31. The molecule has 1 aromatic heterocycles. The first-order chi connectivity index (χ1) is 23.7. The van der Waals surface area contributed by atoms with Crippen LogP contribution in [0.2, 0.25) is 0 Å². The van der Waals surface area contributed by atoms with Crippen LogP contribution >= 0.6 is 0 Å². The molecule has 49 heavy (non-hydrogen) atoms. The van der Waals surface area contributed by atoms with Crippen LogP contribution in [0.5, 0.6) is 5.75 Å². The number of aromatic nitrogens is 3. The van der Waals surface area contributed by atoms with Gasteiger partial charge in [0.2, 0.25) is 0 Å². The zero-order chi connectivity index (χ0) is 34.8. The summed E-state index contributed by atoms with van der Waals surface area (Å²) in [5, 5.41) is 4.05. The second-order valence-corrected chi connectivity index (χ2v) is 12.1. The molecule has 1 aliphatic rings. The van der Waals surface area contributed by atoms with E-state index in [9.17, 15) is 9.59 Å². The topological polar surface area (TPSA) is 131 Å². The molecule has 1 saturated carbocycles. The van der Waals surface area contributed by atoms with Crippen LogP contribution in [0.25, 0.3) is 5.70 Å². The molecule has 256 valence electrons. The molecule has 0 aliphatic heterocycles. The van der Waals surface area contributed by atoms with Gasteiger partial charge in [-0.25, -0.2) is 14.5 Å². The monoisotopic (exact) mass is 665 g/mol. The van der Waals surface area contributed by atoms with Gasteiger partial charge in [0.25, 0.3) is 0 Å². The number of ether oxygens (including phenoxy) is 4. The Kier molecular flexibility index (Phi) is 11.6. The Hall–Kier alpha value is -5.26. The smallest absolute Gasteiger partial charge is 0.320 e. The largest absolute Gasteiger partial charge is 0.497 e. The molecule has 2 atom stereocenters. The maximum Gasteiger partial charge on any atom is 0.320 e. The first kappa shape index (κ1) is 35.1. The molecule has 2 N–H and O–H groups in total. The van der Waals surface area contributed by atoms with Crippen LogP contribution in [0.15, 0.2) is 116 Å². The number of nitrogens with two attached hydrogens (primary N) is 1. The molecule has 4 aromatic rings. The number of amides is 2. The van der Waals surface area contributed by atoms with Crippen molar-refractivity contribution in [3.8, 4) is 5.75 Å². The average Bonchev–Trinajstić information content (AvgIpc) is 3.82. The third-order valence-electron chi connectivity index (χ3n) is 8.37. The quantitative estimate of drug-likeness (QED) is 0.0631. The third-order valence-corrected chi connectivity index (χ3v) is 8.37. The Bertz CT molecular complexity index is 1650.